The summed E-state index contributed by atoms with van der Waals surface area (Å²) in [6.07, 6.45) is 2.13. The summed E-state index contributed by atoms with van der Waals surface area (Å²) in [5, 5.41) is 28.9. The van der Waals surface area contributed by atoms with Crippen LogP contribution in [0.25, 0.3) is 22.5 Å². The molecule has 0 spiro atoms. The minimum atomic E-state index is -1.05. The molecule has 8 rings (SSSR count). The first kappa shape index (κ1) is 35.4. The predicted molar refractivity (Wildman–Crippen MR) is 211 cm³/mol. The van der Waals surface area contributed by atoms with Crippen LogP contribution in [0.3, 0.4) is 0 Å². The van der Waals surface area contributed by atoms with Crippen LogP contribution in [-0.4, -0.2) is 47.0 Å². The number of tetrazole rings is 1. The molecule has 1 amide bonds. The van der Waals surface area contributed by atoms with E-state index < -0.39 is 17.4 Å². The first-order valence-corrected chi connectivity index (χ1v) is 19.0. The monoisotopic (exact) mass is 743 g/mol. The van der Waals surface area contributed by atoms with Gasteiger partial charge in [-0.2, -0.15) is 10.1 Å². The molecular weight excluding hydrogens is 707 g/mol. The van der Waals surface area contributed by atoms with Gasteiger partial charge in [0.1, 0.15) is 10.5 Å². The second-order valence-electron chi connectivity index (χ2n) is 13.3. The van der Waals surface area contributed by atoms with Gasteiger partial charge in [-0.25, -0.2) is 14.2 Å². The molecule has 0 unspecified atom stereocenters. The largest absolute Gasteiger partial charge is 0.478 e. The Morgan fingerprint density at radius 3 is 1.89 bits per heavy atom. The van der Waals surface area contributed by atoms with Gasteiger partial charge in [-0.1, -0.05) is 158 Å². The van der Waals surface area contributed by atoms with Gasteiger partial charge in [-0.05, 0) is 69.5 Å². The summed E-state index contributed by atoms with van der Waals surface area (Å²) >= 11 is 1.35. The van der Waals surface area contributed by atoms with Gasteiger partial charge in [0.2, 0.25) is 4.80 Å². The lowest BCUT2D eigenvalue weighted by atomic mass is 9.77. The van der Waals surface area contributed by atoms with E-state index in [-0.39, 0.29) is 11.1 Å². The van der Waals surface area contributed by atoms with Gasteiger partial charge in [0.05, 0.1) is 6.54 Å². The second kappa shape index (κ2) is 15.4. The molecule has 0 atom stereocenters. The Balaban J connectivity index is 1.18. The Hall–Kier alpha value is -6.59. The van der Waals surface area contributed by atoms with Crippen molar-refractivity contribution < 1.29 is 14.7 Å². The third-order valence-electron chi connectivity index (χ3n) is 10.0. The molecule has 11 heteroatoms. The standard InChI is InChI=1S/C44H37N7O3S/c1-2-39-47-50(43(55-39)45-41(52)37-23-14-24-38(37)42(53)54)29-30-25-27-31(28-26-30)35-21-12-13-22-36(35)40-46-48-49-51(40)44(32-15-6-3-7-16-32,33-17-8-4-9-18-33)34-19-10-5-11-20-34/h3-13,15-22,25-28H,2,14,23-24,29H2,1H3,(H,53,54). The molecule has 1 aliphatic rings. The maximum absolute atomic E-state index is 13.2. The summed E-state index contributed by atoms with van der Waals surface area (Å²) < 4.78 is 3.67. The molecule has 0 radical (unpaired) electrons. The van der Waals surface area contributed by atoms with Crippen molar-refractivity contribution in [3.63, 3.8) is 0 Å². The Morgan fingerprint density at radius 1 is 0.745 bits per heavy atom. The molecule has 0 saturated carbocycles. The lowest BCUT2D eigenvalue weighted by Gasteiger charge is -2.36. The Labute approximate surface area is 321 Å². The topological polar surface area (TPSA) is 128 Å². The highest BCUT2D eigenvalue weighted by Crippen LogP contribution is 2.43. The number of carbonyl (C=O) groups excluding carboxylic acids is 1. The number of rotatable bonds is 11. The number of aromatic nitrogens is 6. The average Bonchev–Trinajstić information content (AvgIpc) is 4.01. The van der Waals surface area contributed by atoms with Gasteiger partial charge in [0.25, 0.3) is 5.91 Å². The van der Waals surface area contributed by atoms with E-state index in [1.807, 2.05) is 90.5 Å². The van der Waals surface area contributed by atoms with Crippen LogP contribution >= 0.6 is 11.3 Å². The van der Waals surface area contributed by atoms with Crippen LogP contribution < -0.4 is 4.80 Å². The van der Waals surface area contributed by atoms with E-state index in [1.54, 1.807) is 4.68 Å². The third-order valence-corrected chi connectivity index (χ3v) is 11.1. The van der Waals surface area contributed by atoms with Gasteiger partial charge in [-0.15, -0.1) is 5.10 Å². The van der Waals surface area contributed by atoms with Crippen molar-refractivity contribution in [3.8, 4) is 22.5 Å². The molecule has 0 fully saturated rings. The van der Waals surface area contributed by atoms with Crippen LogP contribution in [0.2, 0.25) is 0 Å². The van der Waals surface area contributed by atoms with Crippen molar-refractivity contribution >= 4 is 23.2 Å². The molecule has 5 aromatic carbocycles. The minimum absolute atomic E-state index is 0.163. The fraction of sp³-hybridized carbons (Fsp3) is 0.159. The maximum atomic E-state index is 13.2. The van der Waals surface area contributed by atoms with Crippen molar-refractivity contribution in [2.45, 2.75) is 44.7 Å². The zero-order valence-electron chi connectivity index (χ0n) is 30.1. The van der Waals surface area contributed by atoms with Crippen molar-refractivity contribution in [1.29, 1.82) is 0 Å². The fourth-order valence-electron chi connectivity index (χ4n) is 7.43. The van der Waals surface area contributed by atoms with E-state index in [0.717, 1.165) is 44.0 Å². The van der Waals surface area contributed by atoms with E-state index in [9.17, 15) is 14.7 Å². The summed E-state index contributed by atoms with van der Waals surface area (Å²) in [6, 6.07) is 47.4. The van der Waals surface area contributed by atoms with E-state index in [0.29, 0.717) is 42.9 Å². The molecule has 0 saturated heterocycles. The summed E-state index contributed by atoms with van der Waals surface area (Å²) in [6.45, 7) is 2.39. The minimum Gasteiger partial charge on any atom is -0.478 e. The summed E-state index contributed by atoms with van der Waals surface area (Å²) in [4.78, 5) is 29.7. The van der Waals surface area contributed by atoms with E-state index in [4.69, 9.17) is 15.4 Å². The van der Waals surface area contributed by atoms with Crippen molar-refractivity contribution in [2.75, 3.05) is 0 Å². The number of aryl methyl sites for hydroxylation is 1. The number of hydrogen-bond acceptors (Lipinski definition) is 7. The lowest BCUT2D eigenvalue weighted by Crippen LogP contribution is -2.39. The van der Waals surface area contributed by atoms with Gasteiger partial charge >= 0.3 is 5.97 Å². The quantitative estimate of drug-likeness (QED) is 0.135. The van der Waals surface area contributed by atoms with Crippen LogP contribution in [0.4, 0.5) is 0 Å². The van der Waals surface area contributed by atoms with Crippen LogP contribution in [0.15, 0.2) is 156 Å². The van der Waals surface area contributed by atoms with Gasteiger partial charge in [-0.3, -0.25) is 4.79 Å². The molecule has 7 aromatic rings. The van der Waals surface area contributed by atoms with Gasteiger partial charge in [0, 0.05) is 16.7 Å². The molecule has 1 N–H and O–H groups in total. The summed E-state index contributed by atoms with van der Waals surface area (Å²) in [5.41, 5.74) is 6.38. The SMILES string of the molecule is CCc1nn(Cc2ccc(-c3ccccc3-c3nnnn3C(c3ccccc3)(c3ccccc3)c3ccccc3)cc2)c(=NC(=O)C2=C(C(=O)O)CCC2)s1. The summed E-state index contributed by atoms with van der Waals surface area (Å²) in [7, 11) is 0. The fourth-order valence-corrected chi connectivity index (χ4v) is 8.26. The van der Waals surface area contributed by atoms with Crippen LogP contribution in [0, 0.1) is 0 Å². The Bertz CT molecular complexity index is 2480. The van der Waals surface area contributed by atoms with Crippen LogP contribution in [0.5, 0.6) is 0 Å². The highest BCUT2D eigenvalue weighted by Gasteiger charge is 2.42. The zero-order chi connectivity index (χ0) is 37.8. The number of carbonyl (C=O) groups is 2. The van der Waals surface area contributed by atoms with E-state index >= 15 is 0 Å². The highest BCUT2D eigenvalue weighted by molar-refractivity contribution is 7.08. The Morgan fingerprint density at radius 2 is 1.31 bits per heavy atom. The van der Waals surface area contributed by atoms with E-state index in [2.05, 4.69) is 70.9 Å². The van der Waals surface area contributed by atoms with Gasteiger partial charge in [0.15, 0.2) is 5.82 Å². The highest BCUT2D eigenvalue weighted by atomic mass is 32.1. The molecule has 0 bridgehead atoms. The molecule has 55 heavy (non-hydrogen) atoms. The molecule has 272 valence electrons. The second-order valence-corrected chi connectivity index (χ2v) is 14.3. The predicted octanol–water partition coefficient (Wildman–Crippen LogP) is 7.71. The number of nitrogens with zero attached hydrogens (tertiary/aromatic N) is 7. The first-order valence-electron chi connectivity index (χ1n) is 18.2. The van der Waals surface area contributed by atoms with Crippen molar-refractivity contribution in [3.05, 3.63) is 183 Å². The number of aliphatic carboxylic acids is 1. The van der Waals surface area contributed by atoms with Crippen LogP contribution in [-0.2, 0) is 28.1 Å². The maximum Gasteiger partial charge on any atom is 0.332 e. The normalized spacial score (nSPS) is 13.4. The molecule has 2 heterocycles. The Kier molecular flexibility index (Phi) is 9.93. The van der Waals surface area contributed by atoms with Crippen molar-refractivity contribution in [2.24, 2.45) is 4.99 Å². The van der Waals surface area contributed by atoms with Gasteiger partial charge < -0.3 is 5.11 Å². The number of amides is 1. The number of carboxylic acid groups (broad SMARTS) is 1. The first-order chi connectivity index (χ1) is 27.0. The molecule has 1 aliphatic carbocycles. The zero-order valence-corrected chi connectivity index (χ0v) is 30.9. The molecule has 2 aromatic heterocycles. The average molecular weight is 744 g/mol. The molecular formula is C44H37N7O3S. The molecule has 10 nitrogen and oxygen atoms in total. The smallest absolute Gasteiger partial charge is 0.332 e. The van der Waals surface area contributed by atoms with Crippen molar-refractivity contribution in [1.82, 2.24) is 30.0 Å². The third kappa shape index (κ3) is 6.74. The van der Waals surface area contributed by atoms with E-state index in [1.165, 1.54) is 11.3 Å². The number of benzene rings is 5. The summed E-state index contributed by atoms with van der Waals surface area (Å²) in [5.74, 6) is -0.940. The molecule has 0 aliphatic heterocycles. The number of hydrogen-bond donors (Lipinski definition) is 1. The lowest BCUT2D eigenvalue weighted by molar-refractivity contribution is -0.133. The number of carboxylic acids is 1. The van der Waals surface area contributed by atoms with Crippen LogP contribution in [0.1, 0.15) is 53.4 Å².